The molecule has 148 valence electrons. The smallest absolute Gasteiger partial charge is 0.412 e. The molecule has 0 spiro atoms. The molecule has 1 amide bonds. The van der Waals surface area contributed by atoms with Crippen LogP contribution in [-0.2, 0) is 6.54 Å². The summed E-state index contributed by atoms with van der Waals surface area (Å²) in [6.45, 7) is 6.11. The van der Waals surface area contributed by atoms with Crippen molar-refractivity contribution in [3.05, 3.63) is 51.9 Å². The van der Waals surface area contributed by atoms with E-state index in [4.69, 9.17) is 0 Å². The van der Waals surface area contributed by atoms with Crippen molar-refractivity contribution in [2.24, 2.45) is 0 Å². The lowest BCUT2D eigenvalue weighted by Crippen LogP contribution is -2.29. The first-order valence-corrected chi connectivity index (χ1v) is 10.3. The Morgan fingerprint density at radius 2 is 2.00 bits per heavy atom. The summed E-state index contributed by atoms with van der Waals surface area (Å²) >= 11 is 1.37. The Hall–Kier alpha value is -1.95. The molecule has 1 aromatic heterocycles. The van der Waals surface area contributed by atoms with Crippen LogP contribution in [0, 0.1) is 18.6 Å². The van der Waals surface area contributed by atoms with Gasteiger partial charge in [-0.2, -0.15) is 0 Å². The van der Waals surface area contributed by atoms with Crippen molar-refractivity contribution in [2.45, 2.75) is 65.3 Å². The summed E-state index contributed by atoms with van der Waals surface area (Å²) in [7, 11) is 0. The van der Waals surface area contributed by atoms with Gasteiger partial charge in [-0.3, -0.25) is 4.90 Å². The van der Waals surface area contributed by atoms with E-state index < -0.39 is 17.7 Å². The molecule has 0 radical (unpaired) electrons. The van der Waals surface area contributed by atoms with Crippen LogP contribution in [0.1, 0.15) is 68.6 Å². The summed E-state index contributed by atoms with van der Waals surface area (Å²) < 4.78 is 27.1. The van der Waals surface area contributed by atoms with Gasteiger partial charge < -0.3 is 5.11 Å². The molecule has 0 saturated heterocycles. The Morgan fingerprint density at radius 1 is 1.26 bits per heavy atom. The molecule has 0 fully saturated rings. The predicted octanol–water partition coefficient (Wildman–Crippen LogP) is 7.09. The fraction of sp³-hybridized carbons (Fsp3) is 0.476. The van der Waals surface area contributed by atoms with Crippen molar-refractivity contribution in [3.8, 4) is 0 Å². The van der Waals surface area contributed by atoms with Crippen LogP contribution in [-0.4, -0.2) is 11.2 Å². The highest BCUT2D eigenvalue weighted by Crippen LogP contribution is 2.39. The van der Waals surface area contributed by atoms with Crippen molar-refractivity contribution < 1.29 is 18.7 Å². The molecule has 0 aliphatic rings. The van der Waals surface area contributed by atoms with Crippen LogP contribution < -0.4 is 4.90 Å². The van der Waals surface area contributed by atoms with Gasteiger partial charge in [0.1, 0.15) is 16.6 Å². The number of carbonyl (C=O) groups is 1. The van der Waals surface area contributed by atoms with Gasteiger partial charge in [-0.05, 0) is 48.3 Å². The minimum Gasteiger partial charge on any atom is -0.465 e. The highest BCUT2D eigenvalue weighted by Gasteiger charge is 2.24. The highest BCUT2D eigenvalue weighted by molar-refractivity contribution is 7.14. The maximum absolute atomic E-state index is 14.0. The van der Waals surface area contributed by atoms with Gasteiger partial charge >= 0.3 is 6.09 Å². The molecule has 3 nitrogen and oxygen atoms in total. The molecule has 1 unspecified atom stereocenters. The maximum atomic E-state index is 14.0. The molecule has 2 rings (SSSR count). The molecule has 1 N–H and O–H groups in total. The molecule has 0 saturated carbocycles. The van der Waals surface area contributed by atoms with Gasteiger partial charge in [-0.1, -0.05) is 39.2 Å². The standard InChI is InChI=1S/C21H27F2NO2S/c1-4-6-7-8-15(5-2)18-13-27-20(14(18)3)24(21(25)26)12-16-9-10-17(22)11-19(16)23/h9-11,13,15H,4-8,12H2,1-3H3,(H,25,26). The van der Waals surface area contributed by atoms with Gasteiger partial charge in [0.2, 0.25) is 0 Å². The van der Waals surface area contributed by atoms with E-state index in [-0.39, 0.29) is 12.1 Å². The summed E-state index contributed by atoms with van der Waals surface area (Å²) in [5, 5.41) is 12.3. The Bertz CT molecular complexity index is 776. The van der Waals surface area contributed by atoms with Crippen molar-refractivity contribution >= 4 is 22.4 Å². The van der Waals surface area contributed by atoms with E-state index in [0.717, 1.165) is 41.9 Å². The number of hydrogen-bond donors (Lipinski definition) is 1. The Morgan fingerprint density at radius 3 is 2.59 bits per heavy atom. The lowest BCUT2D eigenvalue weighted by molar-refractivity contribution is 0.201. The average Bonchev–Trinajstić information content (AvgIpc) is 2.99. The molecule has 1 atom stereocenters. The second-order valence-electron chi connectivity index (χ2n) is 6.83. The normalized spacial score (nSPS) is 12.2. The van der Waals surface area contributed by atoms with Crippen LogP contribution in [0.15, 0.2) is 23.6 Å². The molecule has 6 heteroatoms. The molecule has 0 aliphatic heterocycles. The van der Waals surface area contributed by atoms with Gasteiger partial charge in [-0.15, -0.1) is 11.3 Å². The second kappa shape index (κ2) is 9.83. The molecule has 0 bridgehead atoms. The van der Waals surface area contributed by atoms with Crippen LogP contribution in [0.3, 0.4) is 0 Å². The summed E-state index contributed by atoms with van der Waals surface area (Å²) in [6, 6.07) is 3.22. The van der Waals surface area contributed by atoms with Gasteiger partial charge in [0.25, 0.3) is 0 Å². The van der Waals surface area contributed by atoms with Crippen molar-refractivity contribution in [3.63, 3.8) is 0 Å². The van der Waals surface area contributed by atoms with Gasteiger partial charge in [0.15, 0.2) is 0 Å². The van der Waals surface area contributed by atoms with Crippen LogP contribution >= 0.6 is 11.3 Å². The SMILES string of the molecule is CCCCCC(CC)c1csc(N(Cc2ccc(F)cc2F)C(=O)O)c1C. The zero-order chi connectivity index (χ0) is 20.0. The number of anilines is 1. The third kappa shape index (κ3) is 5.28. The molecule has 1 heterocycles. The van der Waals surface area contributed by atoms with E-state index >= 15 is 0 Å². The average molecular weight is 396 g/mol. The first-order valence-electron chi connectivity index (χ1n) is 9.41. The Kier molecular flexibility index (Phi) is 7.78. The molecular weight excluding hydrogens is 368 g/mol. The lowest BCUT2D eigenvalue weighted by atomic mass is 9.90. The third-order valence-electron chi connectivity index (χ3n) is 4.96. The van der Waals surface area contributed by atoms with Gasteiger partial charge in [-0.25, -0.2) is 13.6 Å². The molecule has 2 aromatic rings. The number of benzene rings is 1. The van der Waals surface area contributed by atoms with E-state index in [9.17, 15) is 18.7 Å². The summed E-state index contributed by atoms with van der Waals surface area (Å²) in [5.74, 6) is -1.01. The first kappa shape index (κ1) is 21.4. The molecule has 1 aromatic carbocycles. The minimum atomic E-state index is -1.14. The summed E-state index contributed by atoms with van der Waals surface area (Å²) in [4.78, 5) is 13.0. The fourth-order valence-corrected chi connectivity index (χ4v) is 4.53. The molecular formula is C21H27F2NO2S. The van der Waals surface area contributed by atoms with Crippen molar-refractivity contribution in [1.29, 1.82) is 0 Å². The summed E-state index contributed by atoms with van der Waals surface area (Å²) in [6.07, 6.45) is 4.46. The lowest BCUT2D eigenvalue weighted by Gasteiger charge is -2.20. The molecule has 0 aliphatic carbocycles. The monoisotopic (exact) mass is 395 g/mol. The Labute approximate surface area is 163 Å². The van der Waals surface area contributed by atoms with E-state index in [0.29, 0.717) is 10.9 Å². The number of nitrogens with zero attached hydrogens (tertiary/aromatic N) is 1. The second-order valence-corrected chi connectivity index (χ2v) is 7.68. The maximum Gasteiger partial charge on any atom is 0.412 e. The number of unbranched alkanes of at least 4 members (excludes halogenated alkanes) is 2. The predicted molar refractivity (Wildman–Crippen MR) is 107 cm³/mol. The van der Waals surface area contributed by atoms with Gasteiger partial charge in [0, 0.05) is 11.6 Å². The van der Waals surface area contributed by atoms with Gasteiger partial charge in [0.05, 0.1) is 6.54 Å². The van der Waals surface area contributed by atoms with Crippen molar-refractivity contribution in [2.75, 3.05) is 4.90 Å². The van der Waals surface area contributed by atoms with E-state index in [1.165, 1.54) is 35.8 Å². The van der Waals surface area contributed by atoms with Crippen LogP contribution in [0.4, 0.5) is 18.6 Å². The van der Waals surface area contributed by atoms with Crippen LogP contribution in [0.2, 0.25) is 0 Å². The quantitative estimate of drug-likeness (QED) is 0.460. The largest absolute Gasteiger partial charge is 0.465 e. The van der Waals surface area contributed by atoms with Crippen molar-refractivity contribution in [1.82, 2.24) is 0 Å². The zero-order valence-electron chi connectivity index (χ0n) is 16.1. The van der Waals surface area contributed by atoms with Crippen LogP contribution in [0.5, 0.6) is 0 Å². The topological polar surface area (TPSA) is 40.5 Å². The first-order chi connectivity index (χ1) is 12.9. The molecule has 27 heavy (non-hydrogen) atoms. The number of carboxylic acid groups (broad SMARTS) is 1. The van der Waals surface area contributed by atoms with E-state index in [1.807, 2.05) is 12.3 Å². The zero-order valence-corrected chi connectivity index (χ0v) is 16.9. The summed E-state index contributed by atoms with van der Waals surface area (Å²) in [5.41, 5.74) is 2.27. The number of thiophene rings is 1. The highest BCUT2D eigenvalue weighted by atomic mass is 32.1. The number of rotatable bonds is 9. The number of halogens is 2. The van der Waals surface area contributed by atoms with Crippen LogP contribution in [0.25, 0.3) is 0 Å². The van der Waals surface area contributed by atoms with E-state index in [1.54, 1.807) is 0 Å². The Balaban J connectivity index is 2.27. The number of amides is 1. The number of hydrogen-bond acceptors (Lipinski definition) is 2. The minimum absolute atomic E-state index is 0.144. The van der Waals surface area contributed by atoms with E-state index in [2.05, 4.69) is 13.8 Å². The third-order valence-corrected chi connectivity index (χ3v) is 6.08. The fourth-order valence-electron chi connectivity index (χ4n) is 3.35.